The van der Waals surface area contributed by atoms with Crippen LogP contribution in [0.1, 0.15) is 20.3 Å². The first-order chi connectivity index (χ1) is 8.54. The first-order valence-corrected chi connectivity index (χ1v) is 6.11. The number of hydrogen-bond acceptors (Lipinski definition) is 5. The van der Waals surface area contributed by atoms with Crippen LogP contribution in [0.5, 0.6) is 0 Å². The maximum atomic E-state index is 11.5. The predicted molar refractivity (Wildman–Crippen MR) is 62.6 cm³/mol. The van der Waals surface area contributed by atoms with Gasteiger partial charge in [0.15, 0.2) is 0 Å². The molecule has 0 aromatic rings. The standard InChI is InChI=1S/C13H18O5/c1-7(2)13(15)18-11-4-10-9(5-16-6-14)8(3)12(11)17-10/h6,8-12H,1,4-5H2,2-3H3. The summed E-state index contributed by atoms with van der Waals surface area (Å²) in [5, 5.41) is 0. The summed E-state index contributed by atoms with van der Waals surface area (Å²) in [5.41, 5.74) is 0.395. The van der Waals surface area contributed by atoms with Gasteiger partial charge in [0.25, 0.3) is 6.47 Å². The molecule has 18 heavy (non-hydrogen) atoms. The molecule has 0 aliphatic carbocycles. The highest BCUT2D eigenvalue weighted by atomic mass is 16.6. The lowest BCUT2D eigenvalue weighted by Gasteiger charge is -2.29. The molecule has 5 nitrogen and oxygen atoms in total. The zero-order chi connectivity index (χ0) is 13.3. The quantitative estimate of drug-likeness (QED) is 0.417. The normalized spacial score (nSPS) is 37.3. The molecule has 2 rings (SSSR count). The molecule has 0 saturated carbocycles. The van der Waals surface area contributed by atoms with Crippen molar-refractivity contribution in [3.8, 4) is 0 Å². The minimum Gasteiger partial charge on any atom is -0.467 e. The first-order valence-electron chi connectivity index (χ1n) is 6.11. The maximum absolute atomic E-state index is 11.5. The molecule has 5 heteroatoms. The maximum Gasteiger partial charge on any atom is 0.333 e. The largest absolute Gasteiger partial charge is 0.467 e. The van der Waals surface area contributed by atoms with Crippen LogP contribution in [0.25, 0.3) is 0 Å². The fourth-order valence-corrected chi connectivity index (χ4v) is 2.79. The Bertz CT molecular complexity index is 362. The molecule has 0 aromatic heterocycles. The van der Waals surface area contributed by atoms with Gasteiger partial charge in [-0.15, -0.1) is 0 Å². The summed E-state index contributed by atoms with van der Waals surface area (Å²) in [5.74, 6) is 0.0376. The van der Waals surface area contributed by atoms with Gasteiger partial charge in [0.05, 0.1) is 18.8 Å². The molecule has 5 unspecified atom stereocenters. The fraction of sp³-hybridized carbons (Fsp3) is 0.692. The van der Waals surface area contributed by atoms with Crippen LogP contribution in [-0.4, -0.2) is 37.4 Å². The Labute approximate surface area is 106 Å². The van der Waals surface area contributed by atoms with Crippen LogP contribution < -0.4 is 0 Å². The summed E-state index contributed by atoms with van der Waals surface area (Å²) < 4.78 is 16.0. The van der Waals surface area contributed by atoms with E-state index in [1.165, 1.54) is 0 Å². The molecular weight excluding hydrogens is 236 g/mol. The molecule has 0 radical (unpaired) electrons. The van der Waals surface area contributed by atoms with Crippen LogP contribution >= 0.6 is 0 Å². The molecule has 2 aliphatic rings. The highest BCUT2D eigenvalue weighted by molar-refractivity contribution is 5.87. The second-order valence-corrected chi connectivity index (χ2v) is 5.05. The van der Waals surface area contributed by atoms with Gasteiger partial charge in [-0.2, -0.15) is 0 Å². The van der Waals surface area contributed by atoms with Crippen molar-refractivity contribution in [1.82, 2.24) is 0 Å². The molecule has 5 atom stereocenters. The van der Waals surface area contributed by atoms with Crippen molar-refractivity contribution >= 4 is 12.4 Å². The summed E-state index contributed by atoms with van der Waals surface area (Å²) in [6, 6.07) is 0. The Morgan fingerprint density at radius 3 is 2.83 bits per heavy atom. The number of hydrogen-bond donors (Lipinski definition) is 0. The topological polar surface area (TPSA) is 61.8 Å². The van der Waals surface area contributed by atoms with Crippen molar-refractivity contribution in [2.24, 2.45) is 11.8 Å². The second-order valence-electron chi connectivity index (χ2n) is 5.05. The molecule has 2 heterocycles. The smallest absolute Gasteiger partial charge is 0.333 e. The zero-order valence-corrected chi connectivity index (χ0v) is 10.6. The monoisotopic (exact) mass is 254 g/mol. The highest BCUT2D eigenvalue weighted by Gasteiger charge is 2.53. The lowest BCUT2D eigenvalue weighted by molar-refractivity contribution is -0.147. The van der Waals surface area contributed by atoms with E-state index in [1.807, 2.05) is 6.92 Å². The average molecular weight is 254 g/mol. The van der Waals surface area contributed by atoms with Gasteiger partial charge >= 0.3 is 5.97 Å². The Balaban J connectivity index is 1.93. The average Bonchev–Trinajstić information content (AvgIpc) is 2.84. The van der Waals surface area contributed by atoms with Crippen LogP contribution in [0.15, 0.2) is 12.2 Å². The molecule has 2 bridgehead atoms. The van der Waals surface area contributed by atoms with Crippen LogP contribution in [0.2, 0.25) is 0 Å². The van der Waals surface area contributed by atoms with E-state index in [1.54, 1.807) is 6.92 Å². The fourth-order valence-electron chi connectivity index (χ4n) is 2.79. The van der Waals surface area contributed by atoms with Gasteiger partial charge in [-0.1, -0.05) is 13.5 Å². The minimum absolute atomic E-state index is 0.00729. The molecule has 0 aromatic carbocycles. The SMILES string of the molecule is C=C(C)C(=O)OC1CC2OC1C(C)C2COC=O. The molecular formula is C13H18O5. The van der Waals surface area contributed by atoms with Gasteiger partial charge in [-0.3, -0.25) is 4.79 Å². The summed E-state index contributed by atoms with van der Waals surface area (Å²) in [7, 11) is 0. The van der Waals surface area contributed by atoms with Gasteiger partial charge in [0.2, 0.25) is 0 Å². The van der Waals surface area contributed by atoms with Gasteiger partial charge < -0.3 is 14.2 Å². The number of esters is 1. The van der Waals surface area contributed by atoms with Crippen molar-refractivity contribution in [3.05, 3.63) is 12.2 Å². The van der Waals surface area contributed by atoms with E-state index < -0.39 is 0 Å². The molecule has 100 valence electrons. The molecule has 2 saturated heterocycles. The first kappa shape index (κ1) is 13.1. The lowest BCUT2D eigenvalue weighted by atomic mass is 9.79. The number of rotatable bonds is 5. The van der Waals surface area contributed by atoms with Crippen LogP contribution in [0.3, 0.4) is 0 Å². The van der Waals surface area contributed by atoms with E-state index in [0.29, 0.717) is 25.1 Å². The Morgan fingerprint density at radius 1 is 1.56 bits per heavy atom. The van der Waals surface area contributed by atoms with E-state index in [9.17, 15) is 9.59 Å². The second kappa shape index (κ2) is 5.10. The number of fused-ring (bicyclic) bond motifs is 2. The lowest BCUT2D eigenvalue weighted by Crippen LogP contribution is -2.39. The van der Waals surface area contributed by atoms with Crippen LogP contribution in [0.4, 0.5) is 0 Å². The van der Waals surface area contributed by atoms with Gasteiger partial charge in [0, 0.05) is 17.9 Å². The summed E-state index contributed by atoms with van der Waals surface area (Å²) in [6.07, 6.45) is 0.370. The predicted octanol–water partition coefficient (Wildman–Crippen LogP) is 1.07. The number of ether oxygens (including phenoxy) is 3. The number of carbonyl (C=O) groups excluding carboxylic acids is 2. The molecule has 0 amide bonds. The summed E-state index contributed by atoms with van der Waals surface area (Å²) in [4.78, 5) is 21.7. The van der Waals surface area contributed by atoms with Crippen LogP contribution in [0, 0.1) is 11.8 Å². The van der Waals surface area contributed by atoms with Gasteiger partial charge in [0.1, 0.15) is 6.10 Å². The third-order valence-electron chi connectivity index (χ3n) is 3.80. The van der Waals surface area contributed by atoms with Crippen molar-refractivity contribution in [2.75, 3.05) is 6.61 Å². The van der Waals surface area contributed by atoms with Crippen molar-refractivity contribution in [3.63, 3.8) is 0 Å². The van der Waals surface area contributed by atoms with Crippen molar-refractivity contribution in [2.45, 2.75) is 38.6 Å². The van der Waals surface area contributed by atoms with Gasteiger partial charge in [-0.25, -0.2) is 4.79 Å². The highest BCUT2D eigenvalue weighted by Crippen LogP contribution is 2.44. The summed E-state index contributed by atoms with van der Waals surface area (Å²) in [6.45, 7) is 8.04. The van der Waals surface area contributed by atoms with E-state index in [4.69, 9.17) is 14.2 Å². The van der Waals surface area contributed by atoms with Crippen molar-refractivity contribution < 1.29 is 23.8 Å². The van der Waals surface area contributed by atoms with Gasteiger partial charge in [-0.05, 0) is 12.8 Å². The summed E-state index contributed by atoms with van der Waals surface area (Å²) >= 11 is 0. The van der Waals surface area contributed by atoms with E-state index in [-0.39, 0.29) is 36.1 Å². The van der Waals surface area contributed by atoms with E-state index in [0.717, 1.165) is 0 Å². The third-order valence-corrected chi connectivity index (χ3v) is 3.80. The molecule has 0 spiro atoms. The minimum atomic E-state index is -0.371. The molecule has 2 fully saturated rings. The number of carbonyl (C=O) groups is 2. The third kappa shape index (κ3) is 2.27. The van der Waals surface area contributed by atoms with Crippen LogP contribution in [-0.2, 0) is 23.8 Å². The molecule has 2 aliphatic heterocycles. The Hall–Kier alpha value is -1.36. The van der Waals surface area contributed by atoms with Crippen molar-refractivity contribution in [1.29, 1.82) is 0 Å². The Morgan fingerprint density at radius 2 is 2.28 bits per heavy atom. The molecule has 0 N–H and O–H groups in total. The van der Waals surface area contributed by atoms with E-state index in [2.05, 4.69) is 6.58 Å². The zero-order valence-electron chi connectivity index (χ0n) is 10.6. The van der Waals surface area contributed by atoms with E-state index >= 15 is 0 Å². The Kier molecular flexibility index (Phi) is 3.71.